The van der Waals surface area contributed by atoms with Gasteiger partial charge in [-0.3, -0.25) is 4.98 Å². The van der Waals surface area contributed by atoms with Crippen LogP contribution in [0.5, 0.6) is 0 Å². The van der Waals surface area contributed by atoms with Crippen LogP contribution in [0, 0.1) is 18.8 Å². The van der Waals surface area contributed by atoms with Crippen LogP contribution in [0.4, 0.5) is 11.5 Å². The fourth-order valence-corrected chi connectivity index (χ4v) is 4.58. The summed E-state index contributed by atoms with van der Waals surface area (Å²) in [5, 5.41) is 0. The molecular weight excluding hydrogens is 310 g/mol. The van der Waals surface area contributed by atoms with Crippen LogP contribution < -0.4 is 9.80 Å². The predicted octanol–water partition coefficient (Wildman–Crippen LogP) is 3.02. The lowest BCUT2D eigenvalue weighted by Gasteiger charge is -2.27. The van der Waals surface area contributed by atoms with Gasteiger partial charge in [0.1, 0.15) is 12.1 Å². The molecule has 0 amide bonds. The molecule has 5 nitrogen and oxygen atoms in total. The first-order valence-corrected chi connectivity index (χ1v) is 9.51. The van der Waals surface area contributed by atoms with E-state index in [4.69, 9.17) is 0 Å². The Balaban J connectivity index is 1.28. The van der Waals surface area contributed by atoms with Gasteiger partial charge in [-0.15, -0.1) is 0 Å². The van der Waals surface area contributed by atoms with Crippen molar-refractivity contribution >= 4 is 11.5 Å². The van der Waals surface area contributed by atoms with Gasteiger partial charge in [-0.25, -0.2) is 9.97 Å². The second-order valence-corrected chi connectivity index (χ2v) is 7.91. The molecule has 3 aliphatic rings. The van der Waals surface area contributed by atoms with Crippen molar-refractivity contribution in [3.8, 4) is 0 Å². The summed E-state index contributed by atoms with van der Waals surface area (Å²) in [5.41, 5.74) is 3.67. The van der Waals surface area contributed by atoms with Crippen LogP contribution in [-0.2, 0) is 0 Å². The molecule has 2 aromatic heterocycles. The standard InChI is InChI=1S/C20H25N5/c1-14-7-18(5-6-21-14)24-9-16-11-25(12-17(16)10-24)20-8-19(22-13-23-20)15-3-2-4-15/h5-8,13,15-17H,2-4,9-12H2,1H3. The molecule has 0 aromatic carbocycles. The molecule has 3 fully saturated rings. The summed E-state index contributed by atoms with van der Waals surface area (Å²) in [6.45, 7) is 6.59. The zero-order chi connectivity index (χ0) is 16.8. The van der Waals surface area contributed by atoms with E-state index in [0.717, 1.165) is 49.5 Å². The molecule has 0 spiro atoms. The molecule has 2 atom stereocenters. The average molecular weight is 335 g/mol. The van der Waals surface area contributed by atoms with Gasteiger partial charge in [-0.05, 0) is 31.9 Å². The summed E-state index contributed by atoms with van der Waals surface area (Å²) < 4.78 is 0. The van der Waals surface area contributed by atoms with Crippen LogP contribution in [0.3, 0.4) is 0 Å². The van der Waals surface area contributed by atoms with Crippen LogP contribution in [0.2, 0.25) is 0 Å². The molecule has 5 rings (SSSR count). The highest BCUT2D eigenvalue weighted by atomic mass is 15.3. The minimum atomic E-state index is 0.675. The summed E-state index contributed by atoms with van der Waals surface area (Å²) in [4.78, 5) is 18.4. The fourth-order valence-electron chi connectivity index (χ4n) is 4.58. The number of fused-ring (bicyclic) bond motifs is 1. The molecule has 0 bridgehead atoms. The van der Waals surface area contributed by atoms with Gasteiger partial charge in [0.2, 0.25) is 0 Å². The summed E-state index contributed by atoms with van der Waals surface area (Å²) in [5.74, 6) is 3.28. The Kier molecular flexibility index (Phi) is 3.61. The van der Waals surface area contributed by atoms with E-state index in [-0.39, 0.29) is 0 Å². The van der Waals surface area contributed by atoms with E-state index in [1.165, 1.54) is 30.6 Å². The molecule has 2 aromatic rings. The number of aryl methyl sites for hydroxylation is 1. The van der Waals surface area contributed by atoms with Gasteiger partial charge >= 0.3 is 0 Å². The number of anilines is 2. The van der Waals surface area contributed by atoms with E-state index in [1.54, 1.807) is 6.33 Å². The second-order valence-electron chi connectivity index (χ2n) is 7.91. The molecule has 0 N–H and O–H groups in total. The highest BCUT2D eigenvalue weighted by Crippen LogP contribution is 2.38. The Morgan fingerprint density at radius 2 is 1.68 bits per heavy atom. The third kappa shape index (κ3) is 2.75. The summed E-state index contributed by atoms with van der Waals surface area (Å²) in [6, 6.07) is 6.59. The van der Waals surface area contributed by atoms with Gasteiger partial charge in [0.05, 0.1) is 0 Å². The van der Waals surface area contributed by atoms with Gasteiger partial charge in [-0.1, -0.05) is 6.42 Å². The van der Waals surface area contributed by atoms with E-state index in [2.05, 4.69) is 49.9 Å². The van der Waals surface area contributed by atoms with Crippen LogP contribution >= 0.6 is 0 Å². The van der Waals surface area contributed by atoms with Crippen LogP contribution in [-0.4, -0.2) is 41.1 Å². The van der Waals surface area contributed by atoms with Gasteiger partial charge < -0.3 is 9.80 Å². The maximum absolute atomic E-state index is 4.57. The molecular formula is C20H25N5. The maximum Gasteiger partial charge on any atom is 0.132 e. The van der Waals surface area contributed by atoms with Crippen molar-refractivity contribution in [2.45, 2.75) is 32.1 Å². The fraction of sp³-hybridized carbons (Fsp3) is 0.550. The minimum Gasteiger partial charge on any atom is -0.371 e. The average Bonchev–Trinajstić information content (AvgIpc) is 3.12. The van der Waals surface area contributed by atoms with Crippen molar-refractivity contribution < 1.29 is 0 Å². The van der Waals surface area contributed by atoms with E-state index in [1.807, 2.05) is 6.20 Å². The Morgan fingerprint density at radius 3 is 2.36 bits per heavy atom. The number of hydrogen-bond acceptors (Lipinski definition) is 5. The third-order valence-electron chi connectivity index (χ3n) is 6.25. The molecule has 1 aliphatic carbocycles. The number of nitrogens with zero attached hydrogens (tertiary/aromatic N) is 5. The summed E-state index contributed by atoms with van der Waals surface area (Å²) in [6.07, 6.45) is 7.63. The van der Waals surface area contributed by atoms with Gasteiger partial charge in [0.15, 0.2) is 0 Å². The molecule has 130 valence electrons. The first-order valence-electron chi connectivity index (χ1n) is 9.51. The van der Waals surface area contributed by atoms with E-state index in [9.17, 15) is 0 Å². The Hall–Kier alpha value is -2.17. The van der Waals surface area contributed by atoms with Crippen molar-refractivity contribution in [2.24, 2.45) is 11.8 Å². The first-order chi connectivity index (χ1) is 12.3. The Labute approximate surface area is 149 Å². The van der Waals surface area contributed by atoms with Crippen molar-refractivity contribution in [2.75, 3.05) is 36.0 Å². The molecule has 0 radical (unpaired) electrons. The van der Waals surface area contributed by atoms with Crippen molar-refractivity contribution in [1.29, 1.82) is 0 Å². The predicted molar refractivity (Wildman–Crippen MR) is 99.0 cm³/mol. The second kappa shape index (κ2) is 5.97. The minimum absolute atomic E-state index is 0.675. The molecule has 1 saturated carbocycles. The Bertz CT molecular complexity index is 758. The summed E-state index contributed by atoms with van der Waals surface area (Å²) in [7, 11) is 0. The molecule has 2 unspecified atom stereocenters. The van der Waals surface area contributed by atoms with Crippen molar-refractivity contribution in [3.05, 3.63) is 42.1 Å². The van der Waals surface area contributed by atoms with Gasteiger partial charge in [0, 0.05) is 73.3 Å². The van der Waals surface area contributed by atoms with Crippen molar-refractivity contribution in [1.82, 2.24) is 15.0 Å². The third-order valence-corrected chi connectivity index (χ3v) is 6.25. The lowest BCUT2D eigenvalue weighted by molar-refractivity contribution is 0.410. The SMILES string of the molecule is Cc1cc(N2CC3CN(c4cc(C5CCC5)ncn4)CC3C2)ccn1. The van der Waals surface area contributed by atoms with Crippen LogP contribution in [0.15, 0.2) is 30.7 Å². The molecule has 25 heavy (non-hydrogen) atoms. The highest BCUT2D eigenvalue weighted by molar-refractivity contribution is 5.49. The first kappa shape index (κ1) is 15.1. The van der Waals surface area contributed by atoms with Gasteiger partial charge in [-0.2, -0.15) is 0 Å². The smallest absolute Gasteiger partial charge is 0.132 e. The van der Waals surface area contributed by atoms with Crippen LogP contribution in [0.1, 0.15) is 36.6 Å². The van der Waals surface area contributed by atoms with Gasteiger partial charge in [0.25, 0.3) is 0 Å². The molecule has 5 heteroatoms. The summed E-state index contributed by atoms with van der Waals surface area (Å²) >= 11 is 0. The normalized spacial score (nSPS) is 26.0. The zero-order valence-corrected chi connectivity index (χ0v) is 14.8. The van der Waals surface area contributed by atoms with E-state index < -0.39 is 0 Å². The van der Waals surface area contributed by atoms with E-state index >= 15 is 0 Å². The van der Waals surface area contributed by atoms with Crippen molar-refractivity contribution in [3.63, 3.8) is 0 Å². The zero-order valence-electron chi connectivity index (χ0n) is 14.8. The lowest BCUT2D eigenvalue weighted by atomic mass is 9.83. The number of hydrogen-bond donors (Lipinski definition) is 0. The molecule has 2 saturated heterocycles. The maximum atomic E-state index is 4.57. The molecule has 4 heterocycles. The lowest BCUT2D eigenvalue weighted by Crippen LogP contribution is -2.29. The number of pyridine rings is 1. The highest BCUT2D eigenvalue weighted by Gasteiger charge is 2.40. The monoisotopic (exact) mass is 335 g/mol. The topological polar surface area (TPSA) is 45.2 Å². The number of aromatic nitrogens is 3. The Morgan fingerprint density at radius 1 is 0.920 bits per heavy atom. The van der Waals surface area contributed by atoms with E-state index in [0.29, 0.717) is 5.92 Å². The number of rotatable bonds is 3. The van der Waals surface area contributed by atoms with Crippen LogP contribution in [0.25, 0.3) is 0 Å². The molecule has 2 aliphatic heterocycles. The largest absolute Gasteiger partial charge is 0.371 e. The quantitative estimate of drug-likeness (QED) is 0.863.